The van der Waals surface area contributed by atoms with Crippen molar-refractivity contribution in [3.05, 3.63) is 33.9 Å². The topological polar surface area (TPSA) is 102 Å². The second-order valence-electron chi connectivity index (χ2n) is 5.16. The van der Waals surface area contributed by atoms with Crippen molar-refractivity contribution in [1.29, 1.82) is 0 Å². The van der Waals surface area contributed by atoms with Crippen LogP contribution in [0.3, 0.4) is 0 Å². The number of nitrogens with zero attached hydrogens (tertiary/aromatic N) is 2. The Kier molecular flexibility index (Phi) is 5.10. The molecule has 1 aromatic carbocycles. The van der Waals surface area contributed by atoms with Crippen molar-refractivity contribution in [1.82, 2.24) is 4.90 Å². The van der Waals surface area contributed by atoms with Gasteiger partial charge in [-0.25, -0.2) is 0 Å². The molecule has 21 heavy (non-hydrogen) atoms. The van der Waals surface area contributed by atoms with Gasteiger partial charge in [0.05, 0.1) is 4.92 Å². The van der Waals surface area contributed by atoms with Crippen LogP contribution >= 0.6 is 0 Å². The number of hydrogen-bond donors (Lipinski definition) is 2. The Labute approximate surface area is 123 Å². The average molecular weight is 292 g/mol. The highest BCUT2D eigenvalue weighted by Gasteiger charge is 2.27. The second kappa shape index (κ2) is 7.03. The van der Waals surface area contributed by atoms with Gasteiger partial charge in [-0.05, 0) is 25.0 Å². The number of rotatable bonds is 3. The van der Waals surface area contributed by atoms with E-state index in [1.165, 1.54) is 18.6 Å². The van der Waals surface area contributed by atoms with E-state index in [4.69, 9.17) is 5.84 Å². The van der Waals surface area contributed by atoms with Crippen molar-refractivity contribution in [2.75, 3.05) is 18.5 Å². The van der Waals surface area contributed by atoms with Crippen LogP contribution in [0.25, 0.3) is 0 Å². The number of anilines is 1. The number of nitro groups is 1. The van der Waals surface area contributed by atoms with Gasteiger partial charge in [0.25, 0.3) is 5.91 Å². The zero-order valence-corrected chi connectivity index (χ0v) is 11.9. The molecule has 7 heteroatoms. The molecule has 1 heterocycles. The van der Waals surface area contributed by atoms with Gasteiger partial charge in [0.15, 0.2) is 0 Å². The summed E-state index contributed by atoms with van der Waals surface area (Å²) in [6.45, 7) is 1.30. The van der Waals surface area contributed by atoms with Crippen LogP contribution in [0, 0.1) is 10.1 Å². The number of benzene rings is 1. The van der Waals surface area contributed by atoms with Gasteiger partial charge in [-0.1, -0.05) is 25.3 Å². The van der Waals surface area contributed by atoms with Gasteiger partial charge in [-0.15, -0.1) is 0 Å². The normalized spacial score (nSPS) is 16.0. The molecule has 0 aromatic heterocycles. The predicted molar refractivity (Wildman–Crippen MR) is 79.9 cm³/mol. The van der Waals surface area contributed by atoms with E-state index in [0.717, 1.165) is 25.7 Å². The summed E-state index contributed by atoms with van der Waals surface area (Å²) in [5.41, 5.74) is 2.27. The number of nitro benzene ring substituents is 1. The smallest absolute Gasteiger partial charge is 0.306 e. The summed E-state index contributed by atoms with van der Waals surface area (Å²) in [5.74, 6) is 5.01. The van der Waals surface area contributed by atoms with Crippen LogP contribution in [-0.4, -0.2) is 28.8 Å². The molecule has 1 saturated heterocycles. The maximum absolute atomic E-state index is 12.6. The summed E-state index contributed by atoms with van der Waals surface area (Å²) in [7, 11) is 0. The van der Waals surface area contributed by atoms with Crippen molar-refractivity contribution >= 4 is 17.3 Å². The monoisotopic (exact) mass is 292 g/mol. The van der Waals surface area contributed by atoms with E-state index in [0.29, 0.717) is 13.1 Å². The SMILES string of the molecule is NNc1cccc(C(=O)N2CCCCCCC2)c1[N+](=O)[O-]. The number of nitrogens with one attached hydrogen (secondary N) is 1. The second-order valence-corrected chi connectivity index (χ2v) is 5.16. The molecule has 0 atom stereocenters. The molecule has 0 radical (unpaired) electrons. The van der Waals surface area contributed by atoms with E-state index in [9.17, 15) is 14.9 Å². The third-order valence-corrected chi connectivity index (χ3v) is 3.75. The van der Waals surface area contributed by atoms with Crippen LogP contribution in [0.1, 0.15) is 42.5 Å². The summed E-state index contributed by atoms with van der Waals surface area (Å²) in [5, 5.41) is 11.3. The van der Waals surface area contributed by atoms with Crippen LogP contribution in [0.4, 0.5) is 11.4 Å². The Hall–Kier alpha value is -2.15. The number of hydrazine groups is 1. The number of para-hydroxylation sites is 1. The summed E-state index contributed by atoms with van der Waals surface area (Å²) in [6.07, 6.45) is 5.25. The molecule has 1 fully saturated rings. The summed E-state index contributed by atoms with van der Waals surface area (Å²) in [4.78, 5) is 25.0. The molecule has 0 spiro atoms. The molecule has 1 aliphatic heterocycles. The van der Waals surface area contributed by atoms with Crippen molar-refractivity contribution in [2.45, 2.75) is 32.1 Å². The first-order valence-corrected chi connectivity index (χ1v) is 7.18. The first-order valence-electron chi connectivity index (χ1n) is 7.18. The molecule has 1 aliphatic rings. The lowest BCUT2D eigenvalue weighted by molar-refractivity contribution is -0.384. The van der Waals surface area contributed by atoms with Gasteiger partial charge in [0, 0.05) is 13.1 Å². The molecule has 2 rings (SSSR count). The number of nitrogens with two attached hydrogens (primary N) is 1. The highest BCUT2D eigenvalue weighted by Crippen LogP contribution is 2.29. The van der Waals surface area contributed by atoms with Crippen molar-refractivity contribution in [3.8, 4) is 0 Å². The van der Waals surface area contributed by atoms with E-state index in [2.05, 4.69) is 5.43 Å². The van der Waals surface area contributed by atoms with Crippen LogP contribution in [-0.2, 0) is 0 Å². The number of carbonyl (C=O) groups excluding carboxylic acids is 1. The Bertz CT molecular complexity index is 525. The number of nitrogen functional groups attached to an aromatic ring is 1. The minimum atomic E-state index is -0.563. The van der Waals surface area contributed by atoms with Crippen LogP contribution in [0.2, 0.25) is 0 Å². The minimum absolute atomic E-state index is 0.0935. The van der Waals surface area contributed by atoms with Crippen LogP contribution in [0.5, 0.6) is 0 Å². The molecule has 1 amide bonds. The van der Waals surface area contributed by atoms with E-state index in [1.807, 2.05) is 0 Å². The predicted octanol–water partition coefficient (Wildman–Crippen LogP) is 2.29. The number of likely N-dealkylation sites (tertiary alicyclic amines) is 1. The molecule has 0 unspecified atom stereocenters. The van der Waals surface area contributed by atoms with E-state index in [1.54, 1.807) is 11.0 Å². The minimum Gasteiger partial charge on any atom is -0.338 e. The highest BCUT2D eigenvalue weighted by molar-refractivity contribution is 6.00. The molecule has 0 aliphatic carbocycles. The number of hydrogen-bond acceptors (Lipinski definition) is 5. The van der Waals surface area contributed by atoms with E-state index in [-0.39, 0.29) is 22.8 Å². The van der Waals surface area contributed by atoms with Gasteiger partial charge in [0.2, 0.25) is 0 Å². The van der Waals surface area contributed by atoms with Crippen molar-refractivity contribution in [2.24, 2.45) is 5.84 Å². The third-order valence-electron chi connectivity index (χ3n) is 3.75. The summed E-state index contributed by atoms with van der Waals surface area (Å²) in [6, 6.07) is 4.57. The van der Waals surface area contributed by atoms with Gasteiger partial charge < -0.3 is 10.3 Å². The van der Waals surface area contributed by atoms with E-state index < -0.39 is 4.92 Å². The molecular weight excluding hydrogens is 272 g/mol. The number of carbonyl (C=O) groups is 1. The van der Waals surface area contributed by atoms with Gasteiger partial charge >= 0.3 is 5.69 Å². The van der Waals surface area contributed by atoms with Gasteiger partial charge in [0.1, 0.15) is 11.3 Å². The molecule has 0 saturated carbocycles. The standard InChI is InChI=1S/C14H20N4O3/c15-16-12-8-6-7-11(13(12)18(20)21)14(19)17-9-4-2-1-3-5-10-17/h6-8,16H,1-5,9-10,15H2. The first kappa shape index (κ1) is 15.2. The van der Waals surface area contributed by atoms with Crippen molar-refractivity contribution < 1.29 is 9.72 Å². The Balaban J connectivity index is 2.31. The molecule has 3 N–H and O–H groups in total. The van der Waals surface area contributed by atoms with Crippen LogP contribution in [0.15, 0.2) is 18.2 Å². The first-order chi connectivity index (χ1) is 10.1. The maximum atomic E-state index is 12.6. The fourth-order valence-electron chi connectivity index (χ4n) is 2.65. The molecule has 1 aromatic rings. The third kappa shape index (κ3) is 3.49. The summed E-state index contributed by atoms with van der Waals surface area (Å²) < 4.78 is 0. The fraction of sp³-hybridized carbons (Fsp3) is 0.500. The average Bonchev–Trinajstić information content (AvgIpc) is 2.45. The largest absolute Gasteiger partial charge is 0.338 e. The Morgan fingerprint density at radius 2 is 1.81 bits per heavy atom. The Morgan fingerprint density at radius 1 is 1.19 bits per heavy atom. The molecule has 7 nitrogen and oxygen atoms in total. The van der Waals surface area contributed by atoms with Gasteiger partial charge in [-0.3, -0.25) is 20.8 Å². The van der Waals surface area contributed by atoms with Crippen molar-refractivity contribution in [3.63, 3.8) is 0 Å². The lowest BCUT2D eigenvalue weighted by Gasteiger charge is -2.25. The highest BCUT2D eigenvalue weighted by atomic mass is 16.6. The maximum Gasteiger partial charge on any atom is 0.306 e. The fourth-order valence-corrected chi connectivity index (χ4v) is 2.65. The molecule has 0 bridgehead atoms. The molecule has 114 valence electrons. The lowest BCUT2D eigenvalue weighted by Crippen LogP contribution is -2.34. The van der Waals surface area contributed by atoms with Crippen LogP contribution < -0.4 is 11.3 Å². The summed E-state index contributed by atoms with van der Waals surface area (Å²) >= 11 is 0. The zero-order chi connectivity index (χ0) is 15.2. The Morgan fingerprint density at radius 3 is 2.38 bits per heavy atom. The van der Waals surface area contributed by atoms with Gasteiger partial charge in [-0.2, -0.15) is 0 Å². The zero-order valence-electron chi connectivity index (χ0n) is 11.9. The quantitative estimate of drug-likeness (QED) is 0.505. The lowest BCUT2D eigenvalue weighted by atomic mass is 10.1. The number of amides is 1. The molecular formula is C14H20N4O3. The van der Waals surface area contributed by atoms with E-state index >= 15 is 0 Å².